The first-order chi connectivity index (χ1) is 12.8. The number of nitrogens with one attached hydrogen (secondary N) is 1. The summed E-state index contributed by atoms with van der Waals surface area (Å²) in [7, 11) is 0. The Labute approximate surface area is 161 Å². The van der Waals surface area contributed by atoms with Crippen molar-refractivity contribution < 1.29 is 17.5 Å². The van der Waals surface area contributed by atoms with Crippen molar-refractivity contribution in [1.82, 2.24) is 24.4 Å². The van der Waals surface area contributed by atoms with Crippen LogP contribution in [-0.2, 0) is 11.3 Å². The third-order valence-corrected chi connectivity index (χ3v) is 6.28. The lowest BCUT2D eigenvalue weighted by atomic mass is 9.61. The van der Waals surface area contributed by atoms with E-state index < -0.39 is 24.2 Å². The van der Waals surface area contributed by atoms with Gasteiger partial charge >= 0.3 is 0 Å². The van der Waals surface area contributed by atoms with E-state index in [0.717, 1.165) is 34.4 Å². The smallest absolute Gasteiger partial charge is 0.252 e. The van der Waals surface area contributed by atoms with Crippen molar-refractivity contribution in [3.63, 3.8) is 0 Å². The van der Waals surface area contributed by atoms with Crippen molar-refractivity contribution in [3.8, 4) is 0 Å². The highest BCUT2D eigenvalue weighted by atomic mass is 35.5. The standard InChI is InChI=1S/C15H19ClF2N6O2S/c1-9-2-11(16)23-13(9)14(19-8-21-23)22-6-15(7-22)3-10(4-15)24(27(25)26)20-5-12(17)18/h2,8,10,12,20H,3-7H2,1H3,(H,25,26)/p-1. The number of aryl methyl sites for hydroxylation is 1. The molecule has 1 atom stereocenters. The maximum atomic E-state index is 12.4. The van der Waals surface area contributed by atoms with Crippen LogP contribution in [0.15, 0.2) is 12.4 Å². The number of alkyl halides is 2. The quantitative estimate of drug-likeness (QED) is 0.564. The minimum atomic E-state index is -2.61. The van der Waals surface area contributed by atoms with Gasteiger partial charge < -0.3 is 9.45 Å². The van der Waals surface area contributed by atoms with Gasteiger partial charge in [-0.1, -0.05) is 11.6 Å². The number of hydrogen-bond acceptors (Lipinski definition) is 6. The Morgan fingerprint density at radius 3 is 2.85 bits per heavy atom. The average molecular weight is 420 g/mol. The zero-order chi connectivity index (χ0) is 19.3. The molecule has 0 amide bonds. The van der Waals surface area contributed by atoms with Gasteiger partial charge in [-0.2, -0.15) is 9.51 Å². The van der Waals surface area contributed by atoms with Crippen molar-refractivity contribution >= 4 is 34.2 Å². The summed E-state index contributed by atoms with van der Waals surface area (Å²) in [6, 6.07) is 1.53. The summed E-state index contributed by atoms with van der Waals surface area (Å²) in [4.78, 5) is 6.50. The lowest BCUT2D eigenvalue weighted by Crippen LogP contribution is -2.68. The molecule has 1 aliphatic heterocycles. The molecule has 1 saturated carbocycles. The average Bonchev–Trinajstić information content (AvgIpc) is 2.82. The molecule has 1 aliphatic carbocycles. The molecule has 0 bridgehead atoms. The van der Waals surface area contributed by atoms with Gasteiger partial charge in [0.15, 0.2) is 5.82 Å². The summed E-state index contributed by atoms with van der Waals surface area (Å²) in [5.74, 6) is 0.795. The predicted octanol–water partition coefficient (Wildman–Crippen LogP) is 1.53. The Balaban J connectivity index is 1.42. The summed E-state index contributed by atoms with van der Waals surface area (Å²) in [5.41, 5.74) is 4.12. The molecule has 2 fully saturated rings. The van der Waals surface area contributed by atoms with E-state index >= 15 is 0 Å². The third-order valence-electron chi connectivity index (χ3n) is 5.27. The molecule has 1 saturated heterocycles. The maximum absolute atomic E-state index is 12.4. The zero-order valence-electron chi connectivity index (χ0n) is 14.4. The lowest BCUT2D eigenvalue weighted by Gasteiger charge is -2.61. The number of hydrazine groups is 1. The van der Waals surface area contributed by atoms with E-state index in [9.17, 15) is 17.5 Å². The second kappa shape index (κ2) is 6.89. The van der Waals surface area contributed by atoms with Gasteiger partial charge in [0.05, 0.1) is 6.54 Å². The van der Waals surface area contributed by atoms with Crippen LogP contribution in [0, 0.1) is 12.3 Å². The summed E-state index contributed by atoms with van der Waals surface area (Å²) in [6.07, 6.45) is 0.0892. The summed E-state index contributed by atoms with van der Waals surface area (Å²) >= 11 is 3.59. The van der Waals surface area contributed by atoms with Crippen molar-refractivity contribution in [2.75, 3.05) is 24.5 Å². The first-order valence-electron chi connectivity index (χ1n) is 8.44. The highest BCUT2D eigenvalue weighted by molar-refractivity contribution is 7.76. The van der Waals surface area contributed by atoms with E-state index in [1.54, 1.807) is 4.52 Å². The van der Waals surface area contributed by atoms with Crippen molar-refractivity contribution in [1.29, 1.82) is 0 Å². The molecule has 148 valence electrons. The minimum absolute atomic E-state index is 0.0129. The van der Waals surface area contributed by atoms with Gasteiger partial charge in [0, 0.05) is 35.8 Å². The van der Waals surface area contributed by atoms with E-state index in [1.165, 1.54) is 6.33 Å². The molecule has 1 spiro atoms. The van der Waals surface area contributed by atoms with Crippen LogP contribution in [0.3, 0.4) is 0 Å². The van der Waals surface area contributed by atoms with Crippen LogP contribution in [0.25, 0.3) is 5.52 Å². The molecule has 2 aliphatic rings. The first-order valence-corrected chi connectivity index (χ1v) is 9.85. The Morgan fingerprint density at radius 1 is 1.52 bits per heavy atom. The molecular weight excluding hydrogens is 402 g/mol. The van der Waals surface area contributed by atoms with Gasteiger partial charge in [-0.3, -0.25) is 4.21 Å². The Hall–Kier alpha value is -1.40. The van der Waals surface area contributed by atoms with E-state index in [1.807, 2.05) is 13.0 Å². The number of aromatic nitrogens is 3. The van der Waals surface area contributed by atoms with Crippen LogP contribution in [0.2, 0.25) is 5.15 Å². The van der Waals surface area contributed by atoms with Gasteiger partial charge in [-0.15, -0.1) is 0 Å². The Kier molecular flexibility index (Phi) is 4.83. The fourth-order valence-electron chi connectivity index (χ4n) is 4.13. The summed E-state index contributed by atoms with van der Waals surface area (Å²) in [5, 5.41) is 4.68. The molecule has 2 aromatic heterocycles. The lowest BCUT2D eigenvalue weighted by molar-refractivity contribution is -0.00983. The maximum Gasteiger partial charge on any atom is 0.252 e. The molecule has 8 nitrogen and oxygen atoms in total. The Bertz CT molecular complexity index is 883. The van der Waals surface area contributed by atoms with Crippen molar-refractivity contribution in [3.05, 3.63) is 23.1 Å². The second-order valence-corrected chi connectivity index (χ2v) is 8.42. The molecule has 12 heteroatoms. The van der Waals surface area contributed by atoms with Crippen LogP contribution < -0.4 is 10.3 Å². The van der Waals surface area contributed by atoms with Crippen molar-refractivity contribution in [2.24, 2.45) is 5.41 Å². The minimum Gasteiger partial charge on any atom is -0.759 e. The fourth-order valence-corrected chi connectivity index (χ4v) is 4.99. The van der Waals surface area contributed by atoms with Gasteiger partial charge in [0.25, 0.3) is 6.43 Å². The number of nitrogens with zero attached hydrogens (tertiary/aromatic N) is 5. The van der Waals surface area contributed by atoms with Gasteiger partial charge in [-0.25, -0.2) is 23.7 Å². The van der Waals surface area contributed by atoms with Crippen LogP contribution in [0.5, 0.6) is 0 Å². The predicted molar refractivity (Wildman–Crippen MR) is 95.2 cm³/mol. The topological polar surface area (TPSA) is 88.8 Å². The van der Waals surface area contributed by atoms with Crippen LogP contribution in [0.4, 0.5) is 14.6 Å². The van der Waals surface area contributed by atoms with Crippen molar-refractivity contribution in [2.45, 2.75) is 32.2 Å². The third kappa shape index (κ3) is 3.31. The van der Waals surface area contributed by atoms with Gasteiger partial charge in [0.2, 0.25) is 0 Å². The summed E-state index contributed by atoms with van der Waals surface area (Å²) < 4.78 is 49.9. The van der Waals surface area contributed by atoms with Crippen LogP contribution >= 0.6 is 11.6 Å². The molecule has 4 rings (SSSR count). The highest BCUT2D eigenvalue weighted by Gasteiger charge is 2.55. The fraction of sp³-hybridized carbons (Fsp3) is 0.600. The molecule has 27 heavy (non-hydrogen) atoms. The second-order valence-electron chi connectivity index (χ2n) is 7.21. The molecule has 1 unspecified atom stereocenters. The number of rotatable bonds is 6. The molecule has 2 aromatic rings. The number of anilines is 1. The molecule has 3 heterocycles. The molecular formula is C15H18ClF2N6O2S-. The monoisotopic (exact) mass is 419 g/mol. The van der Waals surface area contributed by atoms with Gasteiger partial charge in [-0.05, 0) is 31.4 Å². The Morgan fingerprint density at radius 2 is 2.22 bits per heavy atom. The largest absolute Gasteiger partial charge is 0.759 e. The van der Waals surface area contributed by atoms with E-state index in [-0.39, 0.29) is 11.5 Å². The van der Waals surface area contributed by atoms with Crippen LogP contribution in [0.1, 0.15) is 18.4 Å². The molecule has 0 aromatic carbocycles. The summed E-state index contributed by atoms with van der Waals surface area (Å²) in [6.45, 7) is 2.72. The van der Waals surface area contributed by atoms with Gasteiger partial charge in [0.1, 0.15) is 17.0 Å². The van der Waals surface area contributed by atoms with E-state index in [2.05, 4.69) is 20.4 Å². The number of fused-ring (bicyclic) bond motifs is 1. The SMILES string of the molecule is Cc1cc(Cl)n2ncnc(N3CC4(CC(N(NCC(F)F)S(=O)[O-])C4)C3)c12. The zero-order valence-corrected chi connectivity index (χ0v) is 16.0. The number of halogens is 3. The van der Waals surface area contributed by atoms with E-state index in [0.29, 0.717) is 18.0 Å². The van der Waals surface area contributed by atoms with Crippen LogP contribution in [-0.4, -0.2) is 59.9 Å². The first kappa shape index (κ1) is 18.9. The highest BCUT2D eigenvalue weighted by Crippen LogP contribution is 2.51. The normalized spacial score (nSPS) is 20.5. The molecule has 0 radical (unpaired) electrons. The molecule has 1 N–H and O–H groups in total. The van der Waals surface area contributed by atoms with E-state index in [4.69, 9.17) is 11.6 Å². The number of hydrogen-bond donors (Lipinski definition) is 1.